The molecule has 1 N–H and O–H groups in total. The monoisotopic (exact) mass is 266 g/mol. The molecule has 2 atom stereocenters. The molecular formula is C13H22N4O2. The SMILES string of the molecule is CO[C@H]1COC[C@@H]1Nc1nc(N(C)C)nc(C)c1C. The zero-order valence-corrected chi connectivity index (χ0v) is 12.2. The van der Waals surface area contributed by atoms with E-state index in [1.54, 1.807) is 7.11 Å². The van der Waals surface area contributed by atoms with Crippen molar-refractivity contribution in [1.29, 1.82) is 0 Å². The summed E-state index contributed by atoms with van der Waals surface area (Å²) in [7, 11) is 5.58. The molecule has 1 aliphatic rings. The average Bonchev–Trinajstić information content (AvgIpc) is 2.81. The first kappa shape index (κ1) is 14.0. The van der Waals surface area contributed by atoms with Gasteiger partial charge in [0.2, 0.25) is 5.95 Å². The van der Waals surface area contributed by atoms with Crippen LogP contribution in [0.2, 0.25) is 0 Å². The Morgan fingerprint density at radius 2 is 2.00 bits per heavy atom. The third-order valence-electron chi connectivity index (χ3n) is 3.43. The first-order valence-corrected chi connectivity index (χ1v) is 6.42. The van der Waals surface area contributed by atoms with Gasteiger partial charge in [0.05, 0.1) is 19.3 Å². The van der Waals surface area contributed by atoms with Gasteiger partial charge in [0, 0.05) is 32.5 Å². The Hall–Kier alpha value is -1.40. The van der Waals surface area contributed by atoms with Crippen LogP contribution in [-0.4, -0.2) is 56.5 Å². The van der Waals surface area contributed by atoms with Gasteiger partial charge in [-0.15, -0.1) is 0 Å². The Kier molecular flexibility index (Phi) is 4.21. The van der Waals surface area contributed by atoms with Gasteiger partial charge in [-0.3, -0.25) is 0 Å². The van der Waals surface area contributed by atoms with E-state index >= 15 is 0 Å². The molecule has 0 aliphatic carbocycles. The van der Waals surface area contributed by atoms with E-state index in [2.05, 4.69) is 15.3 Å². The largest absolute Gasteiger partial charge is 0.377 e. The fraction of sp³-hybridized carbons (Fsp3) is 0.692. The number of hydrogen-bond donors (Lipinski definition) is 1. The van der Waals surface area contributed by atoms with E-state index in [4.69, 9.17) is 9.47 Å². The fourth-order valence-corrected chi connectivity index (χ4v) is 2.03. The minimum Gasteiger partial charge on any atom is -0.377 e. The zero-order valence-electron chi connectivity index (χ0n) is 12.2. The summed E-state index contributed by atoms with van der Waals surface area (Å²) in [5.41, 5.74) is 2.04. The van der Waals surface area contributed by atoms with E-state index < -0.39 is 0 Å². The van der Waals surface area contributed by atoms with Crippen molar-refractivity contribution in [2.45, 2.75) is 26.0 Å². The Morgan fingerprint density at radius 1 is 1.26 bits per heavy atom. The van der Waals surface area contributed by atoms with Crippen LogP contribution in [0, 0.1) is 13.8 Å². The van der Waals surface area contributed by atoms with Crippen molar-refractivity contribution < 1.29 is 9.47 Å². The third-order valence-corrected chi connectivity index (χ3v) is 3.43. The summed E-state index contributed by atoms with van der Waals surface area (Å²) in [6, 6.07) is 0.132. The van der Waals surface area contributed by atoms with Gasteiger partial charge in [-0.2, -0.15) is 4.98 Å². The molecule has 1 aliphatic heterocycles. The van der Waals surface area contributed by atoms with Crippen molar-refractivity contribution in [1.82, 2.24) is 9.97 Å². The maximum absolute atomic E-state index is 5.44. The second-order valence-corrected chi connectivity index (χ2v) is 5.04. The molecular weight excluding hydrogens is 244 g/mol. The van der Waals surface area contributed by atoms with Crippen LogP contribution in [0.15, 0.2) is 0 Å². The van der Waals surface area contributed by atoms with Crippen LogP contribution in [0.5, 0.6) is 0 Å². The van der Waals surface area contributed by atoms with Crippen molar-refractivity contribution in [3.05, 3.63) is 11.3 Å². The lowest BCUT2D eigenvalue weighted by atomic mass is 10.2. The second kappa shape index (κ2) is 5.71. The van der Waals surface area contributed by atoms with Gasteiger partial charge >= 0.3 is 0 Å². The number of anilines is 2. The minimum absolute atomic E-state index is 0.0671. The lowest BCUT2D eigenvalue weighted by Crippen LogP contribution is -2.34. The Bertz CT molecular complexity index is 451. The number of rotatable bonds is 4. The first-order valence-electron chi connectivity index (χ1n) is 6.42. The van der Waals surface area contributed by atoms with E-state index in [0.29, 0.717) is 19.2 Å². The summed E-state index contributed by atoms with van der Waals surface area (Å²) >= 11 is 0. The van der Waals surface area contributed by atoms with Gasteiger partial charge in [-0.1, -0.05) is 0 Å². The molecule has 19 heavy (non-hydrogen) atoms. The van der Waals surface area contributed by atoms with Crippen LogP contribution in [0.1, 0.15) is 11.3 Å². The summed E-state index contributed by atoms with van der Waals surface area (Å²) in [5, 5.41) is 3.42. The van der Waals surface area contributed by atoms with E-state index in [0.717, 1.165) is 17.1 Å². The standard InChI is InChI=1S/C13H22N4O2/c1-8-9(2)14-13(17(3)4)16-12(8)15-10-6-19-7-11(10)18-5/h10-11H,6-7H2,1-5H3,(H,14,15,16)/t10-,11-/m0/s1. The maximum Gasteiger partial charge on any atom is 0.227 e. The normalized spacial score (nSPS) is 22.6. The molecule has 6 heteroatoms. The highest BCUT2D eigenvalue weighted by Gasteiger charge is 2.29. The molecule has 0 amide bonds. The van der Waals surface area contributed by atoms with Crippen LogP contribution < -0.4 is 10.2 Å². The molecule has 1 aromatic heterocycles. The highest BCUT2D eigenvalue weighted by Crippen LogP contribution is 2.21. The predicted octanol–water partition coefficient (Wildman–Crippen LogP) is 0.985. The third kappa shape index (κ3) is 2.96. The summed E-state index contributed by atoms with van der Waals surface area (Å²) in [4.78, 5) is 10.9. The topological polar surface area (TPSA) is 59.5 Å². The molecule has 0 bridgehead atoms. The van der Waals surface area contributed by atoms with E-state index in [1.165, 1.54) is 0 Å². The highest BCUT2D eigenvalue weighted by atomic mass is 16.5. The van der Waals surface area contributed by atoms with E-state index in [9.17, 15) is 0 Å². The molecule has 106 valence electrons. The number of aromatic nitrogens is 2. The number of nitrogens with zero attached hydrogens (tertiary/aromatic N) is 3. The molecule has 0 spiro atoms. The quantitative estimate of drug-likeness (QED) is 0.877. The molecule has 1 aromatic rings. The van der Waals surface area contributed by atoms with Gasteiger partial charge in [0.15, 0.2) is 0 Å². The summed E-state index contributed by atoms with van der Waals surface area (Å²) in [6.07, 6.45) is 0.0671. The zero-order chi connectivity index (χ0) is 14.0. The van der Waals surface area contributed by atoms with Crippen molar-refractivity contribution in [2.75, 3.05) is 44.6 Å². The molecule has 0 unspecified atom stereocenters. The van der Waals surface area contributed by atoms with Crippen molar-refractivity contribution >= 4 is 11.8 Å². The summed E-state index contributed by atoms with van der Waals surface area (Å²) in [5.74, 6) is 1.56. The number of aryl methyl sites for hydroxylation is 1. The number of hydrogen-bond acceptors (Lipinski definition) is 6. The molecule has 6 nitrogen and oxygen atoms in total. The molecule has 0 radical (unpaired) electrons. The van der Waals surface area contributed by atoms with Crippen molar-refractivity contribution in [2.24, 2.45) is 0 Å². The molecule has 0 aromatic carbocycles. The molecule has 2 rings (SSSR count). The Balaban J connectivity index is 2.24. The second-order valence-electron chi connectivity index (χ2n) is 5.04. The molecule has 0 saturated carbocycles. The van der Waals surface area contributed by atoms with Gasteiger partial charge < -0.3 is 19.7 Å². The molecule has 1 saturated heterocycles. The van der Waals surface area contributed by atoms with Gasteiger partial charge in [0.25, 0.3) is 0 Å². The van der Waals surface area contributed by atoms with Crippen LogP contribution in [0.25, 0.3) is 0 Å². The van der Waals surface area contributed by atoms with Crippen LogP contribution in [0.4, 0.5) is 11.8 Å². The molecule has 1 fully saturated rings. The number of methoxy groups -OCH3 is 1. The van der Waals surface area contributed by atoms with Gasteiger partial charge in [-0.05, 0) is 13.8 Å². The van der Waals surface area contributed by atoms with Crippen LogP contribution in [0.3, 0.4) is 0 Å². The summed E-state index contributed by atoms with van der Waals surface area (Å²) in [6.45, 7) is 5.28. The predicted molar refractivity (Wildman–Crippen MR) is 74.9 cm³/mol. The van der Waals surface area contributed by atoms with Crippen LogP contribution in [-0.2, 0) is 9.47 Å². The number of nitrogens with one attached hydrogen (secondary N) is 1. The summed E-state index contributed by atoms with van der Waals surface area (Å²) < 4.78 is 10.8. The van der Waals surface area contributed by atoms with E-state index in [1.807, 2.05) is 32.8 Å². The lowest BCUT2D eigenvalue weighted by Gasteiger charge is -2.21. The number of ether oxygens (including phenoxy) is 2. The maximum atomic E-state index is 5.44. The van der Waals surface area contributed by atoms with Crippen molar-refractivity contribution in [3.8, 4) is 0 Å². The van der Waals surface area contributed by atoms with Crippen LogP contribution >= 0.6 is 0 Å². The fourth-order valence-electron chi connectivity index (χ4n) is 2.03. The van der Waals surface area contributed by atoms with Crippen molar-refractivity contribution in [3.63, 3.8) is 0 Å². The van der Waals surface area contributed by atoms with E-state index in [-0.39, 0.29) is 12.1 Å². The minimum atomic E-state index is 0.0671. The average molecular weight is 266 g/mol. The highest BCUT2D eigenvalue weighted by molar-refractivity contribution is 5.51. The molecule has 2 heterocycles. The lowest BCUT2D eigenvalue weighted by molar-refractivity contribution is 0.0795. The first-order chi connectivity index (χ1) is 9.02. The van der Waals surface area contributed by atoms with Gasteiger partial charge in [-0.25, -0.2) is 4.98 Å². The smallest absolute Gasteiger partial charge is 0.227 e. The Labute approximate surface area is 114 Å². The Morgan fingerprint density at radius 3 is 2.63 bits per heavy atom. The van der Waals surface area contributed by atoms with Gasteiger partial charge in [0.1, 0.15) is 11.9 Å².